The standard InChI is InChI=1S/C12H24N2O3S/c1-4-10(11(15)16)14(2)12(17)13-8-6-5-7-9-18-3/h10H,4-9H2,1-3H3,(H,13,17)(H,15,16). The van der Waals surface area contributed by atoms with Crippen LogP contribution in [0, 0.1) is 0 Å². The van der Waals surface area contributed by atoms with E-state index in [4.69, 9.17) is 5.11 Å². The molecule has 0 aromatic rings. The van der Waals surface area contributed by atoms with Crippen LogP contribution in [-0.4, -0.2) is 53.6 Å². The Kier molecular flexibility index (Phi) is 9.55. The quantitative estimate of drug-likeness (QED) is 0.632. The van der Waals surface area contributed by atoms with Crippen LogP contribution in [0.4, 0.5) is 4.79 Å². The van der Waals surface area contributed by atoms with E-state index in [0.29, 0.717) is 13.0 Å². The van der Waals surface area contributed by atoms with Gasteiger partial charge < -0.3 is 15.3 Å². The van der Waals surface area contributed by atoms with E-state index in [0.717, 1.165) is 25.0 Å². The molecule has 0 rings (SSSR count). The summed E-state index contributed by atoms with van der Waals surface area (Å²) in [6.45, 7) is 2.36. The largest absolute Gasteiger partial charge is 0.480 e. The molecule has 1 unspecified atom stereocenters. The van der Waals surface area contributed by atoms with Crippen molar-refractivity contribution in [3.05, 3.63) is 0 Å². The van der Waals surface area contributed by atoms with Crippen LogP contribution >= 0.6 is 11.8 Å². The van der Waals surface area contributed by atoms with Crippen LogP contribution in [0.15, 0.2) is 0 Å². The lowest BCUT2D eigenvalue weighted by atomic mass is 10.2. The van der Waals surface area contributed by atoms with Crippen LogP contribution in [0.25, 0.3) is 0 Å². The van der Waals surface area contributed by atoms with Gasteiger partial charge in [-0.05, 0) is 31.3 Å². The first-order chi connectivity index (χ1) is 8.54. The highest BCUT2D eigenvalue weighted by Crippen LogP contribution is 2.03. The number of aliphatic carboxylic acids is 1. The van der Waals surface area contributed by atoms with Crippen molar-refractivity contribution in [1.29, 1.82) is 0 Å². The SMILES string of the molecule is CCC(C(=O)O)N(C)C(=O)NCCCCCSC. The van der Waals surface area contributed by atoms with Crippen LogP contribution in [0.2, 0.25) is 0 Å². The lowest BCUT2D eigenvalue weighted by Gasteiger charge is -2.23. The number of rotatable bonds is 9. The van der Waals surface area contributed by atoms with Gasteiger partial charge in [0.25, 0.3) is 0 Å². The minimum atomic E-state index is -0.963. The number of nitrogens with zero attached hydrogens (tertiary/aromatic N) is 1. The summed E-state index contributed by atoms with van der Waals surface area (Å²) in [6, 6.07) is -1.06. The normalized spacial score (nSPS) is 11.9. The zero-order valence-corrected chi connectivity index (χ0v) is 12.3. The van der Waals surface area contributed by atoms with Gasteiger partial charge in [0, 0.05) is 13.6 Å². The third-order valence-corrected chi connectivity index (χ3v) is 3.46. The van der Waals surface area contributed by atoms with Gasteiger partial charge in [0.15, 0.2) is 0 Å². The van der Waals surface area contributed by atoms with Gasteiger partial charge in [0.2, 0.25) is 0 Å². The predicted octanol–water partition coefficient (Wildman–Crippen LogP) is 2.02. The Balaban J connectivity index is 3.83. The van der Waals surface area contributed by atoms with E-state index in [1.165, 1.54) is 11.9 Å². The van der Waals surface area contributed by atoms with E-state index < -0.39 is 12.0 Å². The van der Waals surface area contributed by atoms with E-state index >= 15 is 0 Å². The van der Waals surface area contributed by atoms with Gasteiger partial charge in [-0.2, -0.15) is 11.8 Å². The maximum Gasteiger partial charge on any atom is 0.326 e. The highest BCUT2D eigenvalue weighted by molar-refractivity contribution is 7.98. The second-order valence-electron chi connectivity index (χ2n) is 4.16. The number of hydrogen-bond acceptors (Lipinski definition) is 3. The van der Waals surface area contributed by atoms with E-state index in [9.17, 15) is 9.59 Å². The Morgan fingerprint density at radius 1 is 1.33 bits per heavy atom. The van der Waals surface area contributed by atoms with Gasteiger partial charge >= 0.3 is 12.0 Å². The predicted molar refractivity (Wildman–Crippen MR) is 75.1 cm³/mol. The maximum absolute atomic E-state index is 11.7. The third-order valence-electron chi connectivity index (χ3n) is 2.76. The second-order valence-corrected chi connectivity index (χ2v) is 5.14. The summed E-state index contributed by atoms with van der Waals surface area (Å²) in [5, 5.41) is 11.7. The molecule has 0 aromatic heterocycles. The number of likely N-dealkylation sites (N-methyl/N-ethyl adjacent to an activating group) is 1. The Labute approximate surface area is 113 Å². The van der Waals surface area contributed by atoms with Crippen molar-refractivity contribution in [2.24, 2.45) is 0 Å². The van der Waals surface area contributed by atoms with E-state index in [1.807, 2.05) is 11.8 Å². The van der Waals surface area contributed by atoms with Crippen LogP contribution in [0.1, 0.15) is 32.6 Å². The Morgan fingerprint density at radius 2 is 2.00 bits per heavy atom. The molecule has 2 amide bonds. The molecule has 106 valence electrons. The molecular weight excluding hydrogens is 252 g/mol. The van der Waals surface area contributed by atoms with Gasteiger partial charge in [-0.15, -0.1) is 0 Å². The fourth-order valence-electron chi connectivity index (χ4n) is 1.62. The molecule has 0 aliphatic carbocycles. The molecule has 0 heterocycles. The van der Waals surface area contributed by atoms with Crippen LogP contribution in [-0.2, 0) is 4.79 Å². The van der Waals surface area contributed by atoms with Crippen LogP contribution in [0.3, 0.4) is 0 Å². The first-order valence-corrected chi connectivity index (χ1v) is 7.66. The van der Waals surface area contributed by atoms with Gasteiger partial charge in [-0.25, -0.2) is 9.59 Å². The molecule has 0 saturated heterocycles. The zero-order valence-electron chi connectivity index (χ0n) is 11.4. The van der Waals surface area contributed by atoms with Crippen LogP contribution in [0.5, 0.6) is 0 Å². The number of nitrogens with one attached hydrogen (secondary N) is 1. The number of thioether (sulfide) groups is 1. The monoisotopic (exact) mass is 276 g/mol. The van der Waals surface area contributed by atoms with Crippen LogP contribution < -0.4 is 5.32 Å². The minimum Gasteiger partial charge on any atom is -0.480 e. The minimum absolute atomic E-state index is 0.311. The van der Waals surface area contributed by atoms with E-state index in [1.54, 1.807) is 6.92 Å². The summed E-state index contributed by atoms with van der Waals surface area (Å²) in [5.74, 6) is 0.181. The molecule has 18 heavy (non-hydrogen) atoms. The van der Waals surface area contributed by atoms with Crippen molar-refractivity contribution in [1.82, 2.24) is 10.2 Å². The van der Waals surface area contributed by atoms with Crippen molar-refractivity contribution in [3.8, 4) is 0 Å². The molecule has 0 radical (unpaired) electrons. The molecule has 0 fully saturated rings. The Bertz CT molecular complexity index is 262. The maximum atomic E-state index is 11.7. The van der Waals surface area contributed by atoms with Crippen molar-refractivity contribution >= 4 is 23.8 Å². The van der Waals surface area contributed by atoms with E-state index in [2.05, 4.69) is 11.6 Å². The first-order valence-electron chi connectivity index (χ1n) is 6.27. The number of carbonyl (C=O) groups is 2. The van der Waals surface area contributed by atoms with Crippen molar-refractivity contribution in [3.63, 3.8) is 0 Å². The summed E-state index contributed by atoms with van der Waals surface area (Å²) in [6.07, 6.45) is 5.66. The Morgan fingerprint density at radius 3 is 2.50 bits per heavy atom. The summed E-state index contributed by atoms with van der Waals surface area (Å²) < 4.78 is 0. The molecular formula is C12H24N2O3S. The number of amides is 2. The van der Waals surface area contributed by atoms with Crippen molar-refractivity contribution in [2.75, 3.05) is 25.6 Å². The van der Waals surface area contributed by atoms with E-state index in [-0.39, 0.29) is 6.03 Å². The second kappa shape index (κ2) is 10.1. The Hall–Kier alpha value is -0.910. The summed E-state index contributed by atoms with van der Waals surface area (Å²) in [4.78, 5) is 23.8. The number of carboxylic acid groups (broad SMARTS) is 1. The first kappa shape index (κ1) is 17.1. The molecule has 0 aliphatic heterocycles. The van der Waals surface area contributed by atoms with Gasteiger partial charge in [-0.1, -0.05) is 13.3 Å². The smallest absolute Gasteiger partial charge is 0.326 e. The van der Waals surface area contributed by atoms with Gasteiger partial charge in [-0.3, -0.25) is 0 Å². The number of unbranched alkanes of at least 4 members (excludes halogenated alkanes) is 2. The zero-order chi connectivity index (χ0) is 14.0. The van der Waals surface area contributed by atoms with Crippen molar-refractivity contribution < 1.29 is 14.7 Å². The summed E-state index contributed by atoms with van der Waals surface area (Å²) in [5.41, 5.74) is 0. The highest BCUT2D eigenvalue weighted by Gasteiger charge is 2.24. The average molecular weight is 276 g/mol. The fourth-order valence-corrected chi connectivity index (χ4v) is 2.12. The summed E-state index contributed by atoms with van der Waals surface area (Å²) >= 11 is 1.82. The summed E-state index contributed by atoms with van der Waals surface area (Å²) in [7, 11) is 1.52. The molecule has 0 saturated carbocycles. The average Bonchev–Trinajstić information content (AvgIpc) is 2.33. The molecule has 0 aromatic carbocycles. The number of urea groups is 1. The van der Waals surface area contributed by atoms with Gasteiger partial charge in [0.1, 0.15) is 6.04 Å². The molecule has 0 aliphatic rings. The number of carboxylic acids is 1. The lowest BCUT2D eigenvalue weighted by Crippen LogP contribution is -2.47. The van der Waals surface area contributed by atoms with Crippen molar-refractivity contribution in [2.45, 2.75) is 38.6 Å². The molecule has 1 atom stereocenters. The fraction of sp³-hybridized carbons (Fsp3) is 0.833. The third kappa shape index (κ3) is 6.74. The number of hydrogen-bond donors (Lipinski definition) is 2. The van der Waals surface area contributed by atoms with Gasteiger partial charge in [0.05, 0.1) is 0 Å². The number of carbonyl (C=O) groups excluding carboxylic acids is 1. The molecule has 5 nitrogen and oxygen atoms in total. The topological polar surface area (TPSA) is 69.6 Å². The lowest BCUT2D eigenvalue weighted by molar-refractivity contribution is -0.141. The highest BCUT2D eigenvalue weighted by atomic mass is 32.2. The molecule has 2 N–H and O–H groups in total. The molecule has 6 heteroatoms. The molecule has 0 bridgehead atoms. The molecule has 0 spiro atoms.